The van der Waals surface area contributed by atoms with Crippen LogP contribution in [-0.2, 0) is 0 Å². The van der Waals surface area contributed by atoms with Gasteiger partial charge in [0.1, 0.15) is 0 Å². The molecule has 26 heavy (non-hydrogen) atoms. The number of aldehydes is 1. The molecule has 4 aromatic carbocycles. The Bertz CT molecular complexity index is 1130. The topological polar surface area (TPSA) is 58.2 Å². The van der Waals surface area contributed by atoms with Gasteiger partial charge in [0.05, 0.1) is 11.4 Å². The molecule has 0 heterocycles. The van der Waals surface area contributed by atoms with Crippen LogP contribution in [0, 0.1) is 0 Å². The second kappa shape index (κ2) is 6.69. The molecule has 0 saturated carbocycles. The maximum Gasteiger partial charge on any atom is 0.323 e. The number of hydrogen-bond acceptors (Lipinski definition) is 2. The SMILES string of the molecule is O=Cc1ccc2ccccc2c1NC(=O)Nc1cccc2ccccc12. The summed E-state index contributed by atoms with van der Waals surface area (Å²) >= 11 is 0. The summed E-state index contributed by atoms with van der Waals surface area (Å²) in [6, 6.07) is 24.4. The highest BCUT2D eigenvalue weighted by atomic mass is 16.2. The molecule has 0 aliphatic carbocycles. The van der Waals surface area contributed by atoms with Gasteiger partial charge in [0.2, 0.25) is 0 Å². The van der Waals surface area contributed by atoms with Gasteiger partial charge in [-0.15, -0.1) is 0 Å². The van der Waals surface area contributed by atoms with E-state index in [0.717, 1.165) is 27.8 Å². The number of rotatable bonds is 3. The monoisotopic (exact) mass is 340 g/mol. The Balaban J connectivity index is 1.68. The van der Waals surface area contributed by atoms with Gasteiger partial charge in [-0.3, -0.25) is 4.79 Å². The van der Waals surface area contributed by atoms with Crippen molar-refractivity contribution < 1.29 is 9.59 Å². The molecule has 0 aliphatic rings. The number of benzene rings is 4. The summed E-state index contributed by atoms with van der Waals surface area (Å²) in [7, 11) is 0. The Morgan fingerprint density at radius 2 is 1.35 bits per heavy atom. The Morgan fingerprint density at radius 3 is 2.12 bits per heavy atom. The van der Waals surface area contributed by atoms with Gasteiger partial charge < -0.3 is 10.6 Å². The first-order valence-electron chi connectivity index (χ1n) is 8.29. The lowest BCUT2D eigenvalue weighted by Crippen LogP contribution is -2.20. The Labute approximate surface area is 150 Å². The summed E-state index contributed by atoms with van der Waals surface area (Å²) in [5.74, 6) is 0. The van der Waals surface area contributed by atoms with Gasteiger partial charge in [-0.05, 0) is 22.9 Å². The molecule has 0 atom stereocenters. The molecular formula is C22H16N2O2. The normalized spacial score (nSPS) is 10.6. The van der Waals surface area contributed by atoms with Crippen molar-refractivity contribution in [3.63, 3.8) is 0 Å². The Kier molecular flexibility index (Phi) is 4.07. The van der Waals surface area contributed by atoms with E-state index in [1.807, 2.05) is 72.8 Å². The number of carbonyl (C=O) groups is 2. The molecule has 0 unspecified atom stereocenters. The summed E-state index contributed by atoms with van der Waals surface area (Å²) in [6.07, 6.45) is 0.750. The quantitative estimate of drug-likeness (QED) is 0.487. The zero-order valence-electron chi connectivity index (χ0n) is 13.9. The summed E-state index contributed by atoms with van der Waals surface area (Å²) < 4.78 is 0. The summed E-state index contributed by atoms with van der Waals surface area (Å²) in [5, 5.41) is 9.50. The lowest BCUT2D eigenvalue weighted by atomic mass is 10.0. The number of urea groups is 1. The Morgan fingerprint density at radius 1 is 0.692 bits per heavy atom. The lowest BCUT2D eigenvalue weighted by molar-refractivity contribution is 0.112. The minimum absolute atomic E-state index is 0.388. The molecule has 126 valence electrons. The zero-order valence-corrected chi connectivity index (χ0v) is 13.9. The maximum absolute atomic E-state index is 12.6. The van der Waals surface area contributed by atoms with Crippen molar-refractivity contribution in [3.8, 4) is 0 Å². The van der Waals surface area contributed by atoms with Crippen molar-refractivity contribution in [1.29, 1.82) is 0 Å². The predicted molar refractivity (Wildman–Crippen MR) is 106 cm³/mol. The zero-order chi connectivity index (χ0) is 17.9. The van der Waals surface area contributed by atoms with Crippen LogP contribution in [0.2, 0.25) is 0 Å². The van der Waals surface area contributed by atoms with E-state index in [9.17, 15) is 9.59 Å². The number of amides is 2. The van der Waals surface area contributed by atoms with Crippen LogP contribution in [0.25, 0.3) is 21.5 Å². The highest BCUT2D eigenvalue weighted by Crippen LogP contribution is 2.28. The molecule has 0 radical (unpaired) electrons. The van der Waals surface area contributed by atoms with Crippen molar-refractivity contribution >= 4 is 45.2 Å². The van der Waals surface area contributed by atoms with Crippen LogP contribution in [0.5, 0.6) is 0 Å². The average molecular weight is 340 g/mol. The minimum Gasteiger partial charge on any atom is -0.307 e. The van der Waals surface area contributed by atoms with Gasteiger partial charge in [-0.1, -0.05) is 66.7 Å². The second-order valence-electron chi connectivity index (χ2n) is 5.97. The highest BCUT2D eigenvalue weighted by molar-refractivity contribution is 6.12. The molecule has 0 spiro atoms. The first-order chi connectivity index (χ1) is 12.8. The van der Waals surface area contributed by atoms with Crippen molar-refractivity contribution in [2.75, 3.05) is 10.6 Å². The van der Waals surface area contributed by atoms with Crippen molar-refractivity contribution in [2.45, 2.75) is 0 Å². The predicted octanol–water partition coefficient (Wildman–Crippen LogP) is 5.45. The minimum atomic E-state index is -0.388. The number of hydrogen-bond donors (Lipinski definition) is 2. The van der Waals surface area contributed by atoms with Crippen LogP contribution < -0.4 is 10.6 Å². The number of fused-ring (bicyclic) bond motifs is 2. The molecule has 4 heteroatoms. The van der Waals surface area contributed by atoms with Crippen molar-refractivity contribution in [3.05, 3.63) is 84.4 Å². The fourth-order valence-electron chi connectivity index (χ4n) is 3.13. The highest BCUT2D eigenvalue weighted by Gasteiger charge is 2.11. The molecule has 2 amide bonds. The smallest absolute Gasteiger partial charge is 0.307 e. The van der Waals surface area contributed by atoms with Crippen molar-refractivity contribution in [1.82, 2.24) is 0 Å². The summed E-state index contributed by atoms with van der Waals surface area (Å²) in [5.41, 5.74) is 1.67. The fraction of sp³-hybridized carbons (Fsp3) is 0. The molecule has 4 nitrogen and oxygen atoms in total. The second-order valence-corrected chi connectivity index (χ2v) is 5.97. The number of nitrogens with one attached hydrogen (secondary N) is 2. The fourth-order valence-corrected chi connectivity index (χ4v) is 3.13. The van der Waals surface area contributed by atoms with E-state index in [1.165, 1.54) is 0 Å². The van der Waals surface area contributed by atoms with E-state index < -0.39 is 0 Å². The van der Waals surface area contributed by atoms with Gasteiger partial charge in [0.25, 0.3) is 0 Å². The molecule has 4 rings (SSSR count). The standard InChI is InChI=1S/C22H16N2O2/c25-14-17-13-12-16-7-2-4-10-19(16)21(17)24-22(26)23-20-11-5-8-15-6-1-3-9-18(15)20/h1-14H,(H2,23,24,26). The van der Waals surface area contributed by atoms with E-state index >= 15 is 0 Å². The largest absolute Gasteiger partial charge is 0.323 e. The van der Waals surface area contributed by atoms with Gasteiger partial charge in [0, 0.05) is 16.3 Å². The average Bonchev–Trinajstić information content (AvgIpc) is 2.68. The molecule has 0 fully saturated rings. The van der Waals surface area contributed by atoms with Crippen LogP contribution in [-0.4, -0.2) is 12.3 Å². The van der Waals surface area contributed by atoms with E-state index in [4.69, 9.17) is 0 Å². The van der Waals surface area contributed by atoms with E-state index in [-0.39, 0.29) is 6.03 Å². The first-order valence-corrected chi connectivity index (χ1v) is 8.29. The molecule has 2 N–H and O–H groups in total. The van der Waals surface area contributed by atoms with E-state index in [0.29, 0.717) is 16.9 Å². The third-order valence-corrected chi connectivity index (χ3v) is 4.36. The van der Waals surface area contributed by atoms with Gasteiger partial charge >= 0.3 is 6.03 Å². The van der Waals surface area contributed by atoms with Crippen LogP contribution in [0.4, 0.5) is 16.2 Å². The third kappa shape index (κ3) is 2.89. The van der Waals surface area contributed by atoms with Gasteiger partial charge in [-0.25, -0.2) is 4.79 Å². The van der Waals surface area contributed by atoms with E-state index in [1.54, 1.807) is 6.07 Å². The van der Waals surface area contributed by atoms with Gasteiger partial charge in [0.15, 0.2) is 6.29 Å². The summed E-state index contributed by atoms with van der Waals surface area (Å²) in [6.45, 7) is 0. The Hall–Kier alpha value is -3.66. The molecular weight excluding hydrogens is 324 g/mol. The van der Waals surface area contributed by atoms with Crippen LogP contribution >= 0.6 is 0 Å². The number of carbonyl (C=O) groups excluding carboxylic acids is 2. The molecule has 0 aliphatic heterocycles. The lowest BCUT2D eigenvalue weighted by Gasteiger charge is -2.13. The first kappa shape index (κ1) is 15.8. The molecule has 0 aromatic heterocycles. The van der Waals surface area contributed by atoms with Crippen LogP contribution in [0.3, 0.4) is 0 Å². The number of anilines is 2. The van der Waals surface area contributed by atoms with Crippen LogP contribution in [0.15, 0.2) is 78.9 Å². The maximum atomic E-state index is 12.6. The van der Waals surface area contributed by atoms with Crippen molar-refractivity contribution in [2.24, 2.45) is 0 Å². The molecule has 4 aromatic rings. The van der Waals surface area contributed by atoms with Crippen LogP contribution in [0.1, 0.15) is 10.4 Å². The molecule has 0 bridgehead atoms. The van der Waals surface area contributed by atoms with E-state index in [2.05, 4.69) is 10.6 Å². The molecule has 0 saturated heterocycles. The third-order valence-electron chi connectivity index (χ3n) is 4.36. The summed E-state index contributed by atoms with van der Waals surface area (Å²) in [4.78, 5) is 24.0. The van der Waals surface area contributed by atoms with Gasteiger partial charge in [-0.2, -0.15) is 0 Å².